The number of carbonyl (C=O) groups excluding carboxylic acids is 1. The molecule has 0 atom stereocenters. The van der Waals surface area contributed by atoms with Crippen LogP contribution in [0, 0.1) is 5.82 Å². The Morgan fingerprint density at radius 2 is 2.08 bits per heavy atom. The molecule has 0 bridgehead atoms. The molecule has 1 fully saturated rings. The summed E-state index contributed by atoms with van der Waals surface area (Å²) in [5, 5.41) is 1.43. The van der Waals surface area contributed by atoms with E-state index in [4.69, 9.17) is 11.6 Å². The number of carbonyl (C=O) groups is 1. The van der Waals surface area contributed by atoms with E-state index in [0.29, 0.717) is 24.0 Å². The topological polar surface area (TPSA) is 49.0 Å². The number of H-pyrrole nitrogens is 1. The first-order valence-corrected chi connectivity index (χ1v) is 8.67. The summed E-state index contributed by atoms with van der Waals surface area (Å²) in [6.45, 7) is 1.22. The first-order chi connectivity index (χ1) is 12.1. The Balaban J connectivity index is 1.49. The number of nitrogens with zero attached hydrogens (tertiary/aromatic N) is 2. The Bertz CT molecular complexity index is 931. The van der Waals surface area contributed by atoms with Crippen LogP contribution in [0.25, 0.3) is 11.0 Å². The molecule has 1 N–H and O–H groups in total. The van der Waals surface area contributed by atoms with Crippen LogP contribution >= 0.6 is 11.6 Å². The average Bonchev–Trinajstić information content (AvgIpc) is 3.05. The lowest BCUT2D eigenvalue weighted by atomic mass is 9.89. The summed E-state index contributed by atoms with van der Waals surface area (Å²) in [6, 6.07) is 8.18. The Hall–Kier alpha value is -2.40. The van der Waals surface area contributed by atoms with E-state index in [1.165, 1.54) is 17.7 Å². The summed E-state index contributed by atoms with van der Waals surface area (Å²) in [7, 11) is 0. The predicted molar refractivity (Wildman–Crippen MR) is 95.4 cm³/mol. The molecule has 0 radical (unpaired) electrons. The minimum atomic E-state index is -0.567. The summed E-state index contributed by atoms with van der Waals surface area (Å²) in [5.41, 5.74) is 2.21. The number of aromatic amines is 1. The second-order valence-electron chi connectivity index (χ2n) is 6.33. The van der Waals surface area contributed by atoms with Crippen molar-refractivity contribution in [1.29, 1.82) is 0 Å². The number of pyridine rings is 1. The average molecular weight is 358 g/mol. The Morgan fingerprint density at radius 1 is 1.28 bits per heavy atom. The maximum atomic E-state index is 14.0. The molecule has 3 heterocycles. The highest BCUT2D eigenvalue weighted by Gasteiger charge is 2.27. The minimum absolute atomic E-state index is 0.0825. The van der Waals surface area contributed by atoms with Gasteiger partial charge in [0.2, 0.25) is 0 Å². The third kappa shape index (κ3) is 3.00. The number of fused-ring (bicyclic) bond motifs is 1. The van der Waals surface area contributed by atoms with Crippen molar-refractivity contribution in [1.82, 2.24) is 14.9 Å². The van der Waals surface area contributed by atoms with E-state index >= 15 is 0 Å². The lowest BCUT2D eigenvalue weighted by molar-refractivity contribution is 0.0708. The van der Waals surface area contributed by atoms with Gasteiger partial charge in [0, 0.05) is 35.9 Å². The van der Waals surface area contributed by atoms with Gasteiger partial charge in [-0.15, -0.1) is 0 Å². The first-order valence-electron chi connectivity index (χ1n) is 8.30. The molecule has 1 aromatic carbocycles. The summed E-state index contributed by atoms with van der Waals surface area (Å²) in [6.07, 6.45) is 5.48. The fourth-order valence-corrected chi connectivity index (χ4v) is 3.70. The SMILES string of the molecule is O=C(c1ccc(Cl)cc1F)N1CCC(c2c[nH]c3ncccc23)CC1. The lowest BCUT2D eigenvalue weighted by Crippen LogP contribution is -2.38. The molecule has 1 aliphatic heterocycles. The number of likely N-dealkylation sites (tertiary alicyclic amines) is 1. The van der Waals surface area contributed by atoms with Gasteiger partial charge in [0.15, 0.2) is 0 Å². The molecule has 0 aliphatic carbocycles. The predicted octanol–water partition coefficient (Wildman–Crippen LogP) is 4.38. The fraction of sp³-hybridized carbons (Fsp3) is 0.263. The number of hydrogen-bond acceptors (Lipinski definition) is 2. The molecule has 0 spiro atoms. The van der Waals surface area contributed by atoms with Crippen molar-refractivity contribution in [2.24, 2.45) is 0 Å². The van der Waals surface area contributed by atoms with Crippen molar-refractivity contribution in [2.45, 2.75) is 18.8 Å². The van der Waals surface area contributed by atoms with E-state index in [0.717, 1.165) is 23.9 Å². The van der Waals surface area contributed by atoms with Crippen LogP contribution in [0.1, 0.15) is 34.7 Å². The maximum absolute atomic E-state index is 14.0. The van der Waals surface area contributed by atoms with Gasteiger partial charge in [-0.3, -0.25) is 4.79 Å². The smallest absolute Gasteiger partial charge is 0.256 e. The van der Waals surface area contributed by atoms with Gasteiger partial charge < -0.3 is 9.88 Å². The highest BCUT2D eigenvalue weighted by Crippen LogP contribution is 2.33. The van der Waals surface area contributed by atoms with Gasteiger partial charge in [-0.25, -0.2) is 9.37 Å². The van der Waals surface area contributed by atoms with Gasteiger partial charge in [0.25, 0.3) is 5.91 Å². The fourth-order valence-electron chi connectivity index (χ4n) is 3.54. The van der Waals surface area contributed by atoms with Gasteiger partial charge in [-0.2, -0.15) is 0 Å². The number of halogens is 2. The highest BCUT2D eigenvalue weighted by atomic mass is 35.5. The molecule has 0 saturated carbocycles. The normalized spacial score (nSPS) is 15.7. The summed E-state index contributed by atoms with van der Waals surface area (Å²) in [4.78, 5) is 21.8. The van der Waals surface area contributed by atoms with Crippen molar-refractivity contribution in [3.63, 3.8) is 0 Å². The lowest BCUT2D eigenvalue weighted by Gasteiger charge is -2.32. The van der Waals surface area contributed by atoms with Gasteiger partial charge in [-0.05, 0) is 54.7 Å². The van der Waals surface area contributed by atoms with E-state index in [2.05, 4.69) is 16.0 Å². The standard InChI is InChI=1S/C19H17ClFN3O/c20-13-3-4-15(17(21)10-13)19(25)24-8-5-12(6-9-24)16-11-23-18-14(16)2-1-7-22-18/h1-4,7,10-12H,5-6,8-9H2,(H,22,23). The van der Waals surface area contributed by atoms with Crippen molar-refractivity contribution in [3.8, 4) is 0 Å². The molecular formula is C19H17ClFN3O. The number of piperidine rings is 1. The van der Waals surface area contributed by atoms with Gasteiger partial charge in [0.05, 0.1) is 5.56 Å². The number of hydrogen-bond donors (Lipinski definition) is 1. The summed E-state index contributed by atoms with van der Waals surface area (Å²) >= 11 is 5.76. The van der Waals surface area contributed by atoms with Crippen LogP contribution in [0.15, 0.2) is 42.7 Å². The van der Waals surface area contributed by atoms with Crippen molar-refractivity contribution in [2.75, 3.05) is 13.1 Å². The summed E-state index contributed by atoms with van der Waals surface area (Å²) in [5.74, 6) is -0.465. The van der Waals surface area contributed by atoms with Crippen molar-refractivity contribution >= 4 is 28.5 Å². The van der Waals surface area contributed by atoms with Gasteiger partial charge >= 0.3 is 0 Å². The number of aromatic nitrogens is 2. The Kier molecular flexibility index (Phi) is 4.17. The molecule has 4 rings (SSSR count). The molecule has 128 valence electrons. The van der Waals surface area contributed by atoms with Crippen LogP contribution in [0.3, 0.4) is 0 Å². The van der Waals surface area contributed by atoms with Crippen molar-refractivity contribution in [3.05, 3.63) is 64.7 Å². The number of benzene rings is 1. The van der Waals surface area contributed by atoms with Crippen LogP contribution in [0.2, 0.25) is 5.02 Å². The van der Waals surface area contributed by atoms with Gasteiger partial charge in [0.1, 0.15) is 11.5 Å². The van der Waals surface area contributed by atoms with Crippen LogP contribution in [0.4, 0.5) is 4.39 Å². The van der Waals surface area contributed by atoms with Crippen LogP contribution in [-0.2, 0) is 0 Å². The second kappa shape index (κ2) is 6.48. The molecule has 4 nitrogen and oxygen atoms in total. The van der Waals surface area contributed by atoms with E-state index in [-0.39, 0.29) is 11.5 Å². The third-order valence-electron chi connectivity index (χ3n) is 4.87. The minimum Gasteiger partial charge on any atom is -0.346 e. The molecule has 1 aliphatic rings. The van der Waals surface area contributed by atoms with Crippen LogP contribution < -0.4 is 0 Å². The zero-order valence-corrected chi connectivity index (χ0v) is 14.3. The Labute approximate surface area is 149 Å². The van der Waals surface area contributed by atoms with E-state index < -0.39 is 5.82 Å². The maximum Gasteiger partial charge on any atom is 0.256 e. The molecule has 1 amide bonds. The van der Waals surface area contributed by atoms with Crippen LogP contribution in [-0.4, -0.2) is 33.9 Å². The quantitative estimate of drug-likeness (QED) is 0.740. The molecule has 1 saturated heterocycles. The largest absolute Gasteiger partial charge is 0.346 e. The molecule has 3 aromatic rings. The zero-order chi connectivity index (χ0) is 17.4. The molecular weight excluding hydrogens is 341 g/mol. The zero-order valence-electron chi connectivity index (χ0n) is 13.5. The molecule has 6 heteroatoms. The van der Waals surface area contributed by atoms with Crippen molar-refractivity contribution < 1.29 is 9.18 Å². The molecule has 2 aromatic heterocycles. The number of nitrogens with one attached hydrogen (secondary N) is 1. The first kappa shape index (κ1) is 16.1. The molecule has 0 unspecified atom stereocenters. The highest BCUT2D eigenvalue weighted by molar-refractivity contribution is 6.30. The summed E-state index contributed by atoms with van der Waals surface area (Å²) < 4.78 is 14.0. The molecule has 25 heavy (non-hydrogen) atoms. The van der Waals surface area contributed by atoms with Crippen LogP contribution in [0.5, 0.6) is 0 Å². The monoisotopic (exact) mass is 357 g/mol. The van der Waals surface area contributed by atoms with E-state index in [1.807, 2.05) is 12.3 Å². The van der Waals surface area contributed by atoms with E-state index in [1.54, 1.807) is 17.2 Å². The van der Waals surface area contributed by atoms with Gasteiger partial charge in [-0.1, -0.05) is 11.6 Å². The Morgan fingerprint density at radius 3 is 2.84 bits per heavy atom. The third-order valence-corrected chi connectivity index (χ3v) is 5.10. The number of rotatable bonds is 2. The number of amides is 1. The van der Waals surface area contributed by atoms with E-state index in [9.17, 15) is 9.18 Å². The second-order valence-corrected chi connectivity index (χ2v) is 6.77.